The summed E-state index contributed by atoms with van der Waals surface area (Å²) >= 11 is 0. The first-order valence-corrected chi connectivity index (χ1v) is 4.46. The van der Waals surface area contributed by atoms with Gasteiger partial charge in [-0.2, -0.15) is 13.2 Å². The Labute approximate surface area is 89.1 Å². The van der Waals surface area contributed by atoms with Crippen LogP contribution in [0.5, 0.6) is 0 Å². The molecule has 3 nitrogen and oxygen atoms in total. The summed E-state index contributed by atoms with van der Waals surface area (Å²) < 4.78 is 43.2. The van der Waals surface area contributed by atoms with Crippen LogP contribution in [0.25, 0.3) is 11.3 Å². The third-order valence-corrected chi connectivity index (χ3v) is 2.06. The van der Waals surface area contributed by atoms with Gasteiger partial charge in [0.05, 0.1) is 0 Å². The van der Waals surface area contributed by atoms with Crippen LogP contribution in [0, 0.1) is 0 Å². The molecule has 0 unspecified atom stereocenters. The van der Waals surface area contributed by atoms with Crippen molar-refractivity contribution in [1.82, 2.24) is 5.16 Å². The second-order valence-corrected chi connectivity index (χ2v) is 3.33. The molecule has 16 heavy (non-hydrogen) atoms. The van der Waals surface area contributed by atoms with Gasteiger partial charge in [-0.15, -0.1) is 0 Å². The van der Waals surface area contributed by atoms with E-state index in [0.717, 1.165) is 6.07 Å². The normalized spacial score (nSPS) is 11.8. The molecule has 6 heteroatoms. The molecule has 0 N–H and O–H groups in total. The van der Waals surface area contributed by atoms with E-state index in [1.807, 2.05) is 7.05 Å². The van der Waals surface area contributed by atoms with Gasteiger partial charge >= 0.3 is 6.18 Å². The van der Waals surface area contributed by atoms with E-state index in [1.54, 1.807) is 29.1 Å². The summed E-state index contributed by atoms with van der Waals surface area (Å²) in [6.45, 7) is 0. The van der Waals surface area contributed by atoms with E-state index in [-0.39, 0.29) is 5.76 Å². The van der Waals surface area contributed by atoms with Crippen LogP contribution in [0.1, 0.15) is 5.69 Å². The summed E-state index contributed by atoms with van der Waals surface area (Å²) in [5.41, 5.74) is -0.461. The topological polar surface area (TPSA) is 29.9 Å². The van der Waals surface area contributed by atoms with Crippen LogP contribution < -0.4 is 4.57 Å². The first kappa shape index (κ1) is 10.7. The molecule has 0 saturated heterocycles. The summed E-state index contributed by atoms with van der Waals surface area (Å²) in [4.78, 5) is 0. The van der Waals surface area contributed by atoms with Crippen molar-refractivity contribution < 1.29 is 22.3 Å². The van der Waals surface area contributed by atoms with Crippen molar-refractivity contribution in [1.29, 1.82) is 0 Å². The number of alkyl halides is 3. The maximum absolute atomic E-state index is 12.3. The largest absolute Gasteiger partial charge is 0.436 e. The highest BCUT2D eigenvalue weighted by Gasteiger charge is 2.35. The van der Waals surface area contributed by atoms with E-state index in [9.17, 15) is 13.2 Å². The van der Waals surface area contributed by atoms with Crippen molar-refractivity contribution >= 4 is 0 Å². The molecule has 0 atom stereocenters. The van der Waals surface area contributed by atoms with Crippen LogP contribution in [0.3, 0.4) is 0 Å². The predicted octanol–water partition coefficient (Wildman–Crippen LogP) is 2.18. The quantitative estimate of drug-likeness (QED) is 0.701. The van der Waals surface area contributed by atoms with E-state index in [1.165, 1.54) is 0 Å². The Hall–Kier alpha value is -1.85. The number of nitrogens with zero attached hydrogens (tertiary/aromatic N) is 2. The number of hydrogen-bond donors (Lipinski definition) is 0. The molecule has 0 fully saturated rings. The molecule has 0 amide bonds. The third-order valence-electron chi connectivity index (χ3n) is 2.06. The van der Waals surface area contributed by atoms with Gasteiger partial charge in [-0.3, -0.25) is 0 Å². The molecule has 84 valence electrons. The van der Waals surface area contributed by atoms with E-state index in [0.29, 0.717) is 5.56 Å². The lowest BCUT2D eigenvalue weighted by atomic mass is 10.2. The van der Waals surface area contributed by atoms with E-state index in [2.05, 4.69) is 9.68 Å². The highest BCUT2D eigenvalue weighted by Crippen LogP contribution is 2.31. The first-order valence-electron chi connectivity index (χ1n) is 4.46. The highest BCUT2D eigenvalue weighted by atomic mass is 19.4. The number of aryl methyl sites for hydroxylation is 1. The predicted molar refractivity (Wildman–Crippen MR) is 48.1 cm³/mol. The van der Waals surface area contributed by atoms with Crippen LogP contribution in [0.4, 0.5) is 13.2 Å². The molecule has 0 aliphatic rings. The Morgan fingerprint density at radius 3 is 2.38 bits per heavy atom. The zero-order valence-corrected chi connectivity index (χ0v) is 8.32. The maximum atomic E-state index is 12.3. The fourth-order valence-electron chi connectivity index (χ4n) is 1.21. The Morgan fingerprint density at radius 2 is 1.88 bits per heavy atom. The molecule has 0 saturated carbocycles. The van der Waals surface area contributed by atoms with Crippen LogP contribution in [0.15, 0.2) is 35.1 Å². The van der Waals surface area contributed by atoms with Gasteiger partial charge in [0, 0.05) is 23.8 Å². The van der Waals surface area contributed by atoms with Crippen LogP contribution in [0.2, 0.25) is 0 Å². The summed E-state index contributed by atoms with van der Waals surface area (Å²) in [6.07, 6.45) is -1.04. The van der Waals surface area contributed by atoms with Gasteiger partial charge in [-0.1, -0.05) is 5.16 Å². The molecule has 0 bridgehead atoms. The van der Waals surface area contributed by atoms with Gasteiger partial charge in [0.2, 0.25) is 0 Å². The second-order valence-electron chi connectivity index (χ2n) is 3.33. The van der Waals surface area contributed by atoms with Crippen molar-refractivity contribution in [2.45, 2.75) is 6.18 Å². The lowest BCUT2D eigenvalue weighted by Crippen LogP contribution is -2.25. The molecule has 0 radical (unpaired) electrons. The Bertz CT molecular complexity index is 488. The van der Waals surface area contributed by atoms with Gasteiger partial charge in [-0.05, 0) is 0 Å². The SMILES string of the molecule is C[n+]1ccc(-c2cc(C(F)(F)F)no2)cc1. The first-order chi connectivity index (χ1) is 7.47. The Kier molecular flexibility index (Phi) is 2.41. The van der Waals surface area contributed by atoms with Crippen molar-refractivity contribution in [3.8, 4) is 11.3 Å². The van der Waals surface area contributed by atoms with Crippen molar-refractivity contribution in [3.63, 3.8) is 0 Å². The molecule has 2 rings (SSSR count). The standard InChI is InChI=1S/C10H8F3N2O/c1-15-4-2-7(3-5-15)8-6-9(14-16-8)10(11,12)13/h2-6H,1H3/q+1. The molecule has 2 aromatic heterocycles. The van der Waals surface area contributed by atoms with Crippen molar-refractivity contribution in [3.05, 3.63) is 36.3 Å². The molecule has 2 aromatic rings. The summed E-state index contributed by atoms with van der Waals surface area (Å²) in [5.74, 6) is 0.105. The van der Waals surface area contributed by atoms with E-state index < -0.39 is 11.9 Å². The monoisotopic (exact) mass is 229 g/mol. The van der Waals surface area contributed by atoms with E-state index in [4.69, 9.17) is 0 Å². The molecule has 0 aliphatic heterocycles. The minimum Gasteiger partial charge on any atom is -0.356 e. The zero-order chi connectivity index (χ0) is 11.8. The minimum atomic E-state index is -4.47. The summed E-state index contributed by atoms with van der Waals surface area (Å²) in [6, 6.07) is 4.19. The summed E-state index contributed by atoms with van der Waals surface area (Å²) in [5, 5.41) is 2.98. The molecular weight excluding hydrogens is 221 g/mol. The second kappa shape index (κ2) is 3.62. The average Bonchev–Trinajstić information content (AvgIpc) is 2.67. The summed E-state index contributed by atoms with van der Waals surface area (Å²) in [7, 11) is 1.81. The van der Waals surface area contributed by atoms with Gasteiger partial charge in [-0.25, -0.2) is 4.57 Å². The number of hydrogen-bond acceptors (Lipinski definition) is 2. The third kappa shape index (κ3) is 2.05. The average molecular weight is 229 g/mol. The number of rotatable bonds is 1. The maximum Gasteiger partial charge on any atom is 0.436 e. The van der Waals surface area contributed by atoms with Crippen molar-refractivity contribution in [2.24, 2.45) is 7.05 Å². The molecule has 0 spiro atoms. The smallest absolute Gasteiger partial charge is 0.356 e. The number of aromatic nitrogens is 2. The lowest BCUT2D eigenvalue weighted by molar-refractivity contribution is -0.671. The molecule has 2 heterocycles. The van der Waals surface area contributed by atoms with Crippen LogP contribution >= 0.6 is 0 Å². The number of pyridine rings is 1. The van der Waals surface area contributed by atoms with Gasteiger partial charge in [0.15, 0.2) is 23.8 Å². The highest BCUT2D eigenvalue weighted by molar-refractivity contribution is 5.55. The van der Waals surface area contributed by atoms with Gasteiger partial charge < -0.3 is 4.52 Å². The van der Waals surface area contributed by atoms with Crippen molar-refractivity contribution in [2.75, 3.05) is 0 Å². The fraction of sp³-hybridized carbons (Fsp3) is 0.200. The van der Waals surface area contributed by atoms with Crippen LogP contribution in [-0.4, -0.2) is 5.16 Å². The number of halogens is 3. The fourth-order valence-corrected chi connectivity index (χ4v) is 1.21. The van der Waals surface area contributed by atoms with Gasteiger partial charge in [0.1, 0.15) is 7.05 Å². The van der Waals surface area contributed by atoms with Gasteiger partial charge in [0.25, 0.3) is 0 Å². The molecular formula is C10H8F3N2O+. The minimum absolute atomic E-state index is 0.105. The van der Waals surface area contributed by atoms with E-state index >= 15 is 0 Å². The zero-order valence-electron chi connectivity index (χ0n) is 8.32. The molecule has 0 aromatic carbocycles. The Balaban J connectivity index is 2.35. The lowest BCUT2D eigenvalue weighted by Gasteiger charge is -1.97. The van der Waals surface area contributed by atoms with Crippen LogP contribution in [-0.2, 0) is 13.2 Å². The molecule has 0 aliphatic carbocycles. The Morgan fingerprint density at radius 1 is 1.25 bits per heavy atom.